The van der Waals surface area contributed by atoms with E-state index in [4.69, 9.17) is 9.47 Å². The summed E-state index contributed by atoms with van der Waals surface area (Å²) in [7, 11) is 1.93. The van der Waals surface area contributed by atoms with E-state index in [-0.39, 0.29) is 0 Å². The summed E-state index contributed by atoms with van der Waals surface area (Å²) in [4.78, 5) is 0. The molecule has 0 aromatic heterocycles. The normalized spacial score (nSPS) is 10.5. The maximum Gasteiger partial charge on any atom is 0.123 e. The highest BCUT2D eigenvalue weighted by molar-refractivity contribution is 5.33. The molecule has 1 N–H and O–H groups in total. The van der Waals surface area contributed by atoms with Gasteiger partial charge in [-0.3, -0.25) is 0 Å². The van der Waals surface area contributed by atoms with Crippen LogP contribution in [0.25, 0.3) is 0 Å². The Kier molecular flexibility index (Phi) is 6.78. The van der Waals surface area contributed by atoms with E-state index in [1.807, 2.05) is 37.4 Å². The molecule has 22 heavy (non-hydrogen) atoms. The van der Waals surface area contributed by atoms with Gasteiger partial charge in [0, 0.05) is 12.1 Å². The Morgan fingerprint density at radius 3 is 2.36 bits per heavy atom. The van der Waals surface area contributed by atoms with E-state index in [1.165, 1.54) is 12.0 Å². The molecular weight excluding hydrogens is 274 g/mol. The van der Waals surface area contributed by atoms with E-state index in [1.54, 1.807) is 0 Å². The van der Waals surface area contributed by atoms with Crippen molar-refractivity contribution in [3.05, 3.63) is 59.7 Å². The van der Waals surface area contributed by atoms with E-state index in [9.17, 15) is 0 Å². The summed E-state index contributed by atoms with van der Waals surface area (Å²) in [6.07, 6.45) is 2.28. The molecule has 2 aromatic rings. The zero-order valence-corrected chi connectivity index (χ0v) is 13.5. The van der Waals surface area contributed by atoms with Gasteiger partial charge in [-0.1, -0.05) is 43.7 Å². The Morgan fingerprint density at radius 1 is 0.909 bits per heavy atom. The first kappa shape index (κ1) is 16.4. The summed E-state index contributed by atoms with van der Waals surface area (Å²) in [6, 6.07) is 16.4. The highest BCUT2D eigenvalue weighted by Crippen LogP contribution is 2.18. The molecule has 3 nitrogen and oxygen atoms in total. The Morgan fingerprint density at radius 2 is 1.64 bits per heavy atom. The third-order valence-electron chi connectivity index (χ3n) is 3.41. The Balaban J connectivity index is 1.77. The van der Waals surface area contributed by atoms with E-state index >= 15 is 0 Å². The van der Waals surface area contributed by atoms with Gasteiger partial charge >= 0.3 is 0 Å². The van der Waals surface area contributed by atoms with Crippen LogP contribution in [0.1, 0.15) is 24.5 Å². The lowest BCUT2D eigenvalue weighted by Crippen LogP contribution is -2.12. The summed E-state index contributed by atoms with van der Waals surface area (Å²) in [6.45, 7) is 4.07. The van der Waals surface area contributed by atoms with Gasteiger partial charge in [0.15, 0.2) is 0 Å². The van der Waals surface area contributed by atoms with E-state index in [0.717, 1.165) is 30.0 Å². The van der Waals surface area contributed by atoms with Crippen molar-refractivity contribution < 1.29 is 9.47 Å². The molecule has 2 rings (SSSR count). The molecule has 0 heterocycles. The first-order valence-electron chi connectivity index (χ1n) is 7.90. The third kappa shape index (κ3) is 5.08. The molecule has 0 saturated heterocycles. The SMILES string of the molecule is CCCc1ccc(OCCOc2ccccc2CNC)cc1. The number of para-hydroxylation sites is 1. The molecule has 118 valence electrons. The van der Waals surface area contributed by atoms with Gasteiger partial charge in [-0.05, 0) is 37.2 Å². The minimum Gasteiger partial charge on any atom is -0.490 e. The van der Waals surface area contributed by atoms with E-state index < -0.39 is 0 Å². The zero-order valence-electron chi connectivity index (χ0n) is 13.5. The lowest BCUT2D eigenvalue weighted by molar-refractivity contribution is 0.215. The van der Waals surface area contributed by atoms with Crippen molar-refractivity contribution in [2.45, 2.75) is 26.3 Å². The van der Waals surface area contributed by atoms with Gasteiger partial charge in [-0.15, -0.1) is 0 Å². The summed E-state index contributed by atoms with van der Waals surface area (Å²) in [5, 5.41) is 3.14. The van der Waals surface area contributed by atoms with Crippen LogP contribution in [0.5, 0.6) is 11.5 Å². The molecule has 0 atom stereocenters. The van der Waals surface area contributed by atoms with Crippen molar-refractivity contribution in [1.82, 2.24) is 5.32 Å². The minimum absolute atomic E-state index is 0.539. The first-order chi connectivity index (χ1) is 10.8. The van der Waals surface area contributed by atoms with Crippen molar-refractivity contribution in [2.75, 3.05) is 20.3 Å². The largest absolute Gasteiger partial charge is 0.490 e. The molecule has 2 aromatic carbocycles. The Hall–Kier alpha value is -2.00. The Labute approximate surface area is 133 Å². The second-order valence-electron chi connectivity index (χ2n) is 5.23. The van der Waals surface area contributed by atoms with Crippen molar-refractivity contribution in [3.8, 4) is 11.5 Å². The third-order valence-corrected chi connectivity index (χ3v) is 3.41. The fourth-order valence-corrected chi connectivity index (χ4v) is 2.33. The van der Waals surface area contributed by atoms with Gasteiger partial charge in [0.1, 0.15) is 24.7 Å². The lowest BCUT2D eigenvalue weighted by Gasteiger charge is -2.12. The number of ether oxygens (including phenoxy) is 2. The molecule has 0 radical (unpaired) electrons. The maximum atomic E-state index is 5.81. The van der Waals surface area contributed by atoms with Crippen LogP contribution < -0.4 is 14.8 Å². The summed E-state index contributed by atoms with van der Waals surface area (Å²) in [5.74, 6) is 1.81. The van der Waals surface area contributed by atoms with Gasteiger partial charge in [-0.25, -0.2) is 0 Å². The first-order valence-corrected chi connectivity index (χ1v) is 7.90. The summed E-state index contributed by atoms with van der Waals surface area (Å²) in [5.41, 5.74) is 2.51. The van der Waals surface area contributed by atoms with Gasteiger partial charge in [-0.2, -0.15) is 0 Å². The van der Waals surface area contributed by atoms with Crippen LogP contribution >= 0.6 is 0 Å². The van der Waals surface area contributed by atoms with Crippen LogP contribution in [-0.4, -0.2) is 20.3 Å². The van der Waals surface area contributed by atoms with E-state index in [2.05, 4.69) is 30.4 Å². The van der Waals surface area contributed by atoms with Crippen LogP contribution in [-0.2, 0) is 13.0 Å². The van der Waals surface area contributed by atoms with Crippen LogP contribution in [0, 0.1) is 0 Å². The van der Waals surface area contributed by atoms with E-state index in [0.29, 0.717) is 13.2 Å². The molecule has 0 spiro atoms. The summed E-state index contributed by atoms with van der Waals surface area (Å²) < 4.78 is 11.5. The number of nitrogens with one attached hydrogen (secondary N) is 1. The quantitative estimate of drug-likeness (QED) is 0.714. The van der Waals surface area contributed by atoms with Crippen molar-refractivity contribution in [3.63, 3.8) is 0 Å². The fraction of sp³-hybridized carbons (Fsp3) is 0.368. The maximum absolute atomic E-state index is 5.81. The molecule has 0 bridgehead atoms. The van der Waals surface area contributed by atoms with Gasteiger partial charge in [0.05, 0.1) is 0 Å². The lowest BCUT2D eigenvalue weighted by atomic mass is 10.1. The number of hydrogen-bond donors (Lipinski definition) is 1. The van der Waals surface area contributed by atoms with Crippen molar-refractivity contribution >= 4 is 0 Å². The highest BCUT2D eigenvalue weighted by atomic mass is 16.5. The number of hydrogen-bond acceptors (Lipinski definition) is 3. The molecule has 0 aliphatic rings. The van der Waals surface area contributed by atoms with Crippen LogP contribution in [0.15, 0.2) is 48.5 Å². The standard InChI is InChI=1S/C19H25NO2/c1-3-6-16-9-11-18(12-10-16)21-13-14-22-19-8-5-4-7-17(19)15-20-2/h4-5,7-12,20H,3,6,13-15H2,1-2H3. The predicted molar refractivity (Wildman–Crippen MR) is 90.6 cm³/mol. The monoisotopic (exact) mass is 299 g/mol. The molecule has 0 amide bonds. The van der Waals surface area contributed by atoms with Gasteiger partial charge < -0.3 is 14.8 Å². The number of aryl methyl sites for hydroxylation is 1. The zero-order chi connectivity index (χ0) is 15.6. The highest BCUT2D eigenvalue weighted by Gasteiger charge is 2.02. The van der Waals surface area contributed by atoms with Crippen LogP contribution in [0.3, 0.4) is 0 Å². The summed E-state index contributed by atoms with van der Waals surface area (Å²) >= 11 is 0. The molecule has 0 unspecified atom stereocenters. The second kappa shape index (κ2) is 9.11. The molecule has 3 heteroatoms. The average Bonchev–Trinajstić information content (AvgIpc) is 2.55. The predicted octanol–water partition coefficient (Wildman–Crippen LogP) is 3.82. The molecular formula is C19H25NO2. The second-order valence-corrected chi connectivity index (χ2v) is 5.23. The van der Waals surface area contributed by atoms with Crippen molar-refractivity contribution in [1.29, 1.82) is 0 Å². The van der Waals surface area contributed by atoms with Gasteiger partial charge in [0.25, 0.3) is 0 Å². The molecule has 0 saturated carbocycles. The smallest absolute Gasteiger partial charge is 0.123 e. The minimum atomic E-state index is 0.539. The van der Waals surface area contributed by atoms with Crippen LogP contribution in [0.4, 0.5) is 0 Å². The molecule has 0 aliphatic carbocycles. The van der Waals surface area contributed by atoms with Gasteiger partial charge in [0.2, 0.25) is 0 Å². The van der Waals surface area contributed by atoms with Crippen LogP contribution in [0.2, 0.25) is 0 Å². The molecule has 0 fully saturated rings. The number of benzene rings is 2. The number of rotatable bonds is 9. The van der Waals surface area contributed by atoms with Crippen molar-refractivity contribution in [2.24, 2.45) is 0 Å². The molecule has 0 aliphatic heterocycles. The average molecular weight is 299 g/mol. The topological polar surface area (TPSA) is 30.5 Å². The fourth-order valence-electron chi connectivity index (χ4n) is 2.33. The Bertz CT molecular complexity index is 552.